The summed E-state index contributed by atoms with van der Waals surface area (Å²) in [6.45, 7) is 0.509. The van der Waals surface area contributed by atoms with Crippen LogP contribution in [0.15, 0.2) is 60.8 Å². The maximum absolute atomic E-state index is 13.2. The molecular formula is C22H21N3O3. The third-order valence-electron chi connectivity index (χ3n) is 4.78. The van der Waals surface area contributed by atoms with Gasteiger partial charge in [-0.3, -0.25) is 4.79 Å². The molecule has 0 fully saturated rings. The summed E-state index contributed by atoms with van der Waals surface area (Å²) in [6.07, 6.45) is 1.76. The number of hydrogen-bond donors (Lipinski definition) is 2. The van der Waals surface area contributed by atoms with E-state index in [1.54, 1.807) is 38.6 Å². The van der Waals surface area contributed by atoms with Gasteiger partial charge in [0.15, 0.2) is 5.78 Å². The van der Waals surface area contributed by atoms with Crippen molar-refractivity contribution in [1.82, 2.24) is 4.98 Å². The summed E-state index contributed by atoms with van der Waals surface area (Å²) < 4.78 is 10.6. The van der Waals surface area contributed by atoms with Crippen molar-refractivity contribution in [3.05, 3.63) is 71.9 Å². The smallest absolute Gasteiger partial charge is 0.172 e. The van der Waals surface area contributed by atoms with E-state index in [1.165, 1.54) is 0 Å². The van der Waals surface area contributed by atoms with Gasteiger partial charge in [-0.15, -0.1) is 0 Å². The highest BCUT2D eigenvalue weighted by Crippen LogP contribution is 2.36. The quantitative estimate of drug-likeness (QED) is 0.628. The molecule has 142 valence electrons. The molecule has 6 nitrogen and oxygen atoms in total. The number of pyridine rings is 1. The number of carbonyl (C=O) groups is 1. The van der Waals surface area contributed by atoms with E-state index in [-0.39, 0.29) is 11.7 Å². The van der Waals surface area contributed by atoms with E-state index in [4.69, 9.17) is 9.47 Å². The van der Waals surface area contributed by atoms with Gasteiger partial charge in [0.1, 0.15) is 17.3 Å². The molecule has 28 heavy (non-hydrogen) atoms. The number of anilines is 3. The highest BCUT2D eigenvalue weighted by atomic mass is 16.5. The van der Waals surface area contributed by atoms with Gasteiger partial charge in [0.2, 0.25) is 0 Å². The number of ether oxygens (including phenoxy) is 2. The molecule has 0 aliphatic carbocycles. The Morgan fingerprint density at radius 2 is 1.75 bits per heavy atom. The number of methoxy groups -OCH3 is 2. The fourth-order valence-electron chi connectivity index (χ4n) is 3.35. The lowest BCUT2D eigenvalue weighted by atomic mass is 9.93. The fraction of sp³-hybridized carbons (Fsp3) is 0.182. The van der Waals surface area contributed by atoms with Crippen LogP contribution in [-0.2, 0) is 0 Å². The van der Waals surface area contributed by atoms with Crippen molar-refractivity contribution in [3.63, 3.8) is 0 Å². The van der Waals surface area contributed by atoms with Crippen LogP contribution in [0.2, 0.25) is 0 Å². The SMILES string of the molecule is COc1cc(OC)cc(C(=O)C2CNc3ncc(Nc4ccccc4)cc32)c1. The van der Waals surface area contributed by atoms with Gasteiger partial charge in [-0.05, 0) is 30.3 Å². The van der Waals surface area contributed by atoms with E-state index in [0.29, 0.717) is 23.6 Å². The van der Waals surface area contributed by atoms with Gasteiger partial charge in [0.05, 0.1) is 32.0 Å². The first kappa shape index (κ1) is 17.9. The maximum atomic E-state index is 13.2. The Morgan fingerprint density at radius 3 is 2.43 bits per heavy atom. The van der Waals surface area contributed by atoms with Crippen molar-refractivity contribution in [2.45, 2.75) is 5.92 Å². The molecule has 2 heterocycles. The third-order valence-corrected chi connectivity index (χ3v) is 4.78. The summed E-state index contributed by atoms with van der Waals surface area (Å²) in [4.78, 5) is 17.7. The number of carbonyl (C=O) groups excluding carboxylic acids is 1. The van der Waals surface area contributed by atoms with E-state index in [2.05, 4.69) is 15.6 Å². The molecular weight excluding hydrogens is 354 g/mol. The standard InChI is InChI=1S/C22H21N3O3/c1-27-17-8-14(9-18(11-17)28-2)21(26)20-13-24-22-19(20)10-16(12-23-22)25-15-6-4-3-5-7-15/h3-12,20,25H,13H2,1-2H3,(H,23,24). The Hall–Kier alpha value is -3.54. The highest BCUT2D eigenvalue weighted by molar-refractivity contribution is 6.03. The predicted molar refractivity (Wildman–Crippen MR) is 109 cm³/mol. The molecule has 2 aromatic carbocycles. The average Bonchev–Trinajstić information content (AvgIpc) is 3.16. The predicted octanol–water partition coefficient (Wildman–Crippen LogP) is 4.23. The lowest BCUT2D eigenvalue weighted by Crippen LogP contribution is -2.15. The first-order valence-corrected chi connectivity index (χ1v) is 9.01. The van der Waals surface area contributed by atoms with Crippen LogP contribution in [0, 0.1) is 0 Å². The monoisotopic (exact) mass is 375 g/mol. The van der Waals surface area contributed by atoms with Crippen LogP contribution >= 0.6 is 0 Å². The first-order valence-electron chi connectivity index (χ1n) is 9.01. The summed E-state index contributed by atoms with van der Waals surface area (Å²) >= 11 is 0. The zero-order valence-electron chi connectivity index (χ0n) is 15.7. The number of aromatic nitrogens is 1. The highest BCUT2D eigenvalue weighted by Gasteiger charge is 2.31. The Morgan fingerprint density at radius 1 is 1.04 bits per heavy atom. The maximum Gasteiger partial charge on any atom is 0.172 e. The van der Waals surface area contributed by atoms with Gasteiger partial charge in [-0.2, -0.15) is 0 Å². The zero-order valence-corrected chi connectivity index (χ0v) is 15.7. The molecule has 1 aliphatic rings. The van der Waals surface area contributed by atoms with E-state index < -0.39 is 0 Å². The molecule has 0 saturated carbocycles. The normalized spacial score (nSPS) is 14.7. The number of benzene rings is 2. The minimum atomic E-state index is -0.322. The fourth-order valence-corrected chi connectivity index (χ4v) is 3.35. The number of nitrogens with zero attached hydrogens (tertiary/aromatic N) is 1. The van der Waals surface area contributed by atoms with Gasteiger partial charge >= 0.3 is 0 Å². The molecule has 2 N–H and O–H groups in total. The van der Waals surface area contributed by atoms with E-state index in [0.717, 1.165) is 22.8 Å². The number of hydrogen-bond acceptors (Lipinski definition) is 6. The molecule has 1 aromatic heterocycles. The Balaban J connectivity index is 1.63. The second-order valence-electron chi connectivity index (χ2n) is 6.55. The van der Waals surface area contributed by atoms with Crippen molar-refractivity contribution >= 4 is 23.0 Å². The van der Waals surface area contributed by atoms with Crippen LogP contribution in [0.25, 0.3) is 0 Å². The molecule has 0 radical (unpaired) electrons. The van der Waals surface area contributed by atoms with Crippen molar-refractivity contribution in [1.29, 1.82) is 0 Å². The van der Waals surface area contributed by atoms with E-state index >= 15 is 0 Å². The Labute approximate surface area is 163 Å². The molecule has 4 rings (SSSR count). The van der Waals surface area contributed by atoms with Crippen LogP contribution in [0.5, 0.6) is 11.5 Å². The number of para-hydroxylation sites is 1. The second kappa shape index (κ2) is 7.60. The minimum Gasteiger partial charge on any atom is -0.497 e. The zero-order chi connectivity index (χ0) is 19.5. The molecule has 0 bridgehead atoms. The van der Waals surface area contributed by atoms with E-state index in [9.17, 15) is 4.79 Å². The van der Waals surface area contributed by atoms with Gasteiger partial charge < -0.3 is 20.1 Å². The minimum absolute atomic E-state index is 0.00195. The van der Waals surface area contributed by atoms with E-state index in [1.807, 2.05) is 36.4 Å². The lowest BCUT2D eigenvalue weighted by molar-refractivity contribution is 0.0966. The average molecular weight is 375 g/mol. The Bertz CT molecular complexity index is 983. The molecule has 0 spiro atoms. The number of ketones is 1. The second-order valence-corrected chi connectivity index (χ2v) is 6.55. The largest absolute Gasteiger partial charge is 0.497 e. The van der Waals surface area contributed by atoms with Crippen LogP contribution in [-0.4, -0.2) is 31.5 Å². The number of nitrogens with one attached hydrogen (secondary N) is 2. The molecule has 6 heteroatoms. The third kappa shape index (κ3) is 3.49. The van der Waals surface area contributed by atoms with Crippen LogP contribution in [0.4, 0.5) is 17.2 Å². The molecule has 1 unspecified atom stereocenters. The summed E-state index contributed by atoms with van der Waals surface area (Å²) in [6, 6.07) is 17.1. The summed E-state index contributed by atoms with van der Waals surface area (Å²) in [7, 11) is 3.14. The topological polar surface area (TPSA) is 72.5 Å². The van der Waals surface area contributed by atoms with Gasteiger partial charge in [-0.1, -0.05) is 18.2 Å². The number of Topliss-reactive ketones (excluding diaryl/α,β-unsaturated/α-hetero) is 1. The van der Waals surface area contributed by atoms with Crippen LogP contribution < -0.4 is 20.1 Å². The molecule has 0 amide bonds. The van der Waals surface area contributed by atoms with Gasteiger partial charge in [0, 0.05) is 29.4 Å². The van der Waals surface area contributed by atoms with Crippen molar-refractivity contribution in [2.24, 2.45) is 0 Å². The van der Waals surface area contributed by atoms with Crippen LogP contribution in [0.1, 0.15) is 21.8 Å². The molecule has 1 atom stereocenters. The summed E-state index contributed by atoms with van der Waals surface area (Å²) in [5.74, 6) is 1.60. The molecule has 1 aliphatic heterocycles. The van der Waals surface area contributed by atoms with Crippen molar-refractivity contribution in [3.8, 4) is 11.5 Å². The van der Waals surface area contributed by atoms with Crippen molar-refractivity contribution < 1.29 is 14.3 Å². The lowest BCUT2D eigenvalue weighted by Gasteiger charge is -2.13. The van der Waals surface area contributed by atoms with Gasteiger partial charge in [-0.25, -0.2) is 4.98 Å². The number of rotatable bonds is 6. The van der Waals surface area contributed by atoms with Crippen LogP contribution in [0.3, 0.4) is 0 Å². The summed E-state index contributed by atoms with van der Waals surface area (Å²) in [5, 5.41) is 6.55. The first-order chi connectivity index (χ1) is 13.7. The summed E-state index contributed by atoms with van der Waals surface area (Å²) in [5.41, 5.74) is 3.25. The molecule has 3 aromatic rings. The van der Waals surface area contributed by atoms with Gasteiger partial charge in [0.25, 0.3) is 0 Å². The number of fused-ring (bicyclic) bond motifs is 1. The Kier molecular flexibility index (Phi) is 4.85. The van der Waals surface area contributed by atoms with Crippen molar-refractivity contribution in [2.75, 3.05) is 31.4 Å². The molecule has 0 saturated heterocycles.